The predicted molar refractivity (Wildman–Crippen MR) is 41.0 cm³/mol. The smallest absolute Gasteiger partial charge is 0.0633 e. The molecule has 4 atom stereocenters. The summed E-state index contributed by atoms with van der Waals surface area (Å²) in [5.41, 5.74) is 0. The van der Waals surface area contributed by atoms with Crippen LogP contribution in [0.15, 0.2) is 0 Å². The molecule has 0 aromatic heterocycles. The van der Waals surface area contributed by atoms with Crippen LogP contribution in [-0.2, 0) is 0 Å². The van der Waals surface area contributed by atoms with Crippen LogP contribution in [0.1, 0.15) is 6.42 Å². The van der Waals surface area contributed by atoms with Crippen molar-refractivity contribution in [1.29, 1.82) is 0 Å². The molecule has 2 fully saturated rings. The summed E-state index contributed by atoms with van der Waals surface area (Å²) in [6.07, 6.45) is 0.833. The van der Waals surface area contributed by atoms with Crippen LogP contribution in [0.2, 0.25) is 0 Å². The Morgan fingerprint density at radius 2 is 2.00 bits per heavy atom. The molecule has 3 heteroatoms. The lowest BCUT2D eigenvalue weighted by Gasteiger charge is -2.20. The second-order valence-corrected chi connectivity index (χ2v) is 3.75. The summed E-state index contributed by atoms with van der Waals surface area (Å²) in [5.74, 6) is 1.04. The summed E-state index contributed by atoms with van der Waals surface area (Å²) in [5, 5.41) is 21.9. The lowest BCUT2D eigenvalue weighted by atomic mass is 9.96. The second-order valence-electron chi connectivity index (χ2n) is 3.75. The summed E-state index contributed by atoms with van der Waals surface area (Å²) < 4.78 is 0. The van der Waals surface area contributed by atoms with Crippen molar-refractivity contribution in [3.8, 4) is 0 Å². The van der Waals surface area contributed by atoms with E-state index in [1.54, 1.807) is 0 Å². The molecule has 0 spiro atoms. The van der Waals surface area contributed by atoms with Gasteiger partial charge >= 0.3 is 0 Å². The highest BCUT2D eigenvalue weighted by Gasteiger charge is 2.43. The minimum Gasteiger partial charge on any atom is -0.396 e. The number of hydrogen-bond acceptors (Lipinski definition) is 3. The minimum absolute atomic E-state index is 0.134. The standard InChI is InChI=1S/C8H15NO2/c10-4-7-5-1-6(8(7)11)3-9-2-5/h5-11H,1-4H2/t5-,6+,7?,8-/m0/s1. The average molecular weight is 157 g/mol. The van der Waals surface area contributed by atoms with Crippen LogP contribution >= 0.6 is 0 Å². The molecule has 1 unspecified atom stereocenters. The van der Waals surface area contributed by atoms with Gasteiger partial charge in [-0.05, 0) is 24.8 Å². The lowest BCUT2D eigenvalue weighted by molar-refractivity contribution is 0.0585. The average Bonchev–Trinajstić information content (AvgIpc) is 2.25. The van der Waals surface area contributed by atoms with Crippen molar-refractivity contribution in [2.45, 2.75) is 12.5 Å². The molecule has 3 nitrogen and oxygen atoms in total. The molecule has 11 heavy (non-hydrogen) atoms. The molecule has 2 bridgehead atoms. The Morgan fingerprint density at radius 1 is 1.27 bits per heavy atom. The highest BCUT2D eigenvalue weighted by atomic mass is 16.3. The molecule has 0 aromatic carbocycles. The fourth-order valence-electron chi connectivity index (χ4n) is 2.48. The first-order chi connectivity index (χ1) is 5.33. The fraction of sp³-hybridized carbons (Fsp3) is 1.00. The van der Waals surface area contributed by atoms with E-state index in [1.165, 1.54) is 0 Å². The summed E-state index contributed by atoms with van der Waals surface area (Å²) in [6, 6.07) is 0. The van der Waals surface area contributed by atoms with Crippen molar-refractivity contribution in [3.05, 3.63) is 0 Å². The van der Waals surface area contributed by atoms with E-state index in [2.05, 4.69) is 5.32 Å². The van der Waals surface area contributed by atoms with Crippen LogP contribution in [0.25, 0.3) is 0 Å². The Kier molecular flexibility index (Phi) is 1.87. The van der Waals surface area contributed by atoms with Gasteiger partial charge in [0.1, 0.15) is 0 Å². The van der Waals surface area contributed by atoms with Gasteiger partial charge in [0.25, 0.3) is 0 Å². The van der Waals surface area contributed by atoms with Gasteiger partial charge in [-0.1, -0.05) is 0 Å². The van der Waals surface area contributed by atoms with Gasteiger partial charge in [0, 0.05) is 19.1 Å². The molecule has 64 valence electrons. The summed E-state index contributed by atoms with van der Waals surface area (Å²) >= 11 is 0. The van der Waals surface area contributed by atoms with Crippen LogP contribution in [0, 0.1) is 17.8 Å². The van der Waals surface area contributed by atoms with Crippen LogP contribution in [0.5, 0.6) is 0 Å². The zero-order chi connectivity index (χ0) is 7.84. The van der Waals surface area contributed by atoms with E-state index in [4.69, 9.17) is 5.11 Å². The second kappa shape index (κ2) is 2.73. The lowest BCUT2D eigenvalue weighted by Crippen LogP contribution is -2.32. The van der Waals surface area contributed by atoms with E-state index >= 15 is 0 Å². The Hall–Kier alpha value is -0.120. The molecule has 1 heterocycles. The molecule has 1 saturated heterocycles. The summed E-state index contributed by atoms with van der Waals surface area (Å²) in [4.78, 5) is 0. The van der Waals surface area contributed by atoms with Crippen molar-refractivity contribution in [2.75, 3.05) is 19.7 Å². The molecule has 1 aliphatic heterocycles. The number of fused-ring (bicyclic) bond motifs is 2. The highest BCUT2D eigenvalue weighted by Crippen LogP contribution is 2.38. The van der Waals surface area contributed by atoms with Gasteiger partial charge in [-0.15, -0.1) is 0 Å². The Morgan fingerprint density at radius 3 is 2.64 bits per heavy atom. The van der Waals surface area contributed by atoms with Gasteiger partial charge in [0.15, 0.2) is 0 Å². The number of piperidine rings is 1. The first kappa shape index (κ1) is 7.53. The number of aliphatic hydroxyl groups is 2. The monoisotopic (exact) mass is 157 g/mol. The first-order valence-electron chi connectivity index (χ1n) is 4.32. The number of nitrogens with one attached hydrogen (secondary N) is 1. The van der Waals surface area contributed by atoms with E-state index in [1.807, 2.05) is 0 Å². The van der Waals surface area contributed by atoms with Gasteiger partial charge in [-0.25, -0.2) is 0 Å². The van der Waals surface area contributed by atoms with E-state index in [9.17, 15) is 5.11 Å². The van der Waals surface area contributed by atoms with Crippen molar-refractivity contribution in [2.24, 2.45) is 17.8 Å². The summed E-state index contributed by atoms with van der Waals surface area (Å²) in [6.45, 7) is 2.04. The molecule has 0 radical (unpaired) electrons. The topological polar surface area (TPSA) is 52.5 Å². The van der Waals surface area contributed by atoms with Crippen molar-refractivity contribution in [3.63, 3.8) is 0 Å². The van der Waals surface area contributed by atoms with Gasteiger partial charge in [-0.3, -0.25) is 0 Å². The number of rotatable bonds is 1. The third-order valence-corrected chi connectivity index (χ3v) is 3.16. The van der Waals surface area contributed by atoms with Crippen LogP contribution in [0.4, 0.5) is 0 Å². The van der Waals surface area contributed by atoms with E-state index < -0.39 is 0 Å². The Bertz CT molecular complexity index is 149. The SMILES string of the molecule is OCC1[C@@H]2CNC[C@@H](C2)[C@@H]1O. The van der Waals surface area contributed by atoms with Crippen molar-refractivity contribution < 1.29 is 10.2 Å². The van der Waals surface area contributed by atoms with Gasteiger partial charge in [0.2, 0.25) is 0 Å². The van der Waals surface area contributed by atoms with Crippen molar-refractivity contribution >= 4 is 0 Å². The van der Waals surface area contributed by atoms with E-state index in [0.29, 0.717) is 11.8 Å². The quantitative estimate of drug-likeness (QED) is 0.467. The van der Waals surface area contributed by atoms with Crippen LogP contribution in [0.3, 0.4) is 0 Å². The minimum atomic E-state index is -0.264. The third-order valence-electron chi connectivity index (χ3n) is 3.16. The van der Waals surface area contributed by atoms with Gasteiger partial charge < -0.3 is 15.5 Å². The van der Waals surface area contributed by atoms with Crippen LogP contribution < -0.4 is 5.32 Å². The van der Waals surface area contributed by atoms with Gasteiger partial charge in [0.05, 0.1) is 6.10 Å². The third kappa shape index (κ3) is 1.08. The van der Waals surface area contributed by atoms with E-state index in [0.717, 1.165) is 19.5 Å². The largest absolute Gasteiger partial charge is 0.396 e. The molecular formula is C8H15NO2. The molecule has 2 rings (SSSR count). The predicted octanol–water partition coefficient (Wildman–Crippen LogP) is -0.805. The normalized spacial score (nSPS) is 49.6. The maximum absolute atomic E-state index is 9.66. The highest BCUT2D eigenvalue weighted by molar-refractivity contribution is 4.95. The maximum Gasteiger partial charge on any atom is 0.0633 e. The summed E-state index contributed by atoms with van der Waals surface area (Å²) in [7, 11) is 0. The van der Waals surface area contributed by atoms with Crippen LogP contribution in [-0.4, -0.2) is 36.0 Å². The molecule has 2 aliphatic rings. The molecule has 3 N–H and O–H groups in total. The molecule has 1 aliphatic carbocycles. The first-order valence-corrected chi connectivity index (χ1v) is 4.32. The molecule has 1 saturated carbocycles. The Labute approximate surface area is 66.4 Å². The number of hydrogen-bond donors (Lipinski definition) is 3. The molecule has 0 amide bonds. The van der Waals surface area contributed by atoms with E-state index in [-0.39, 0.29) is 18.6 Å². The fourth-order valence-corrected chi connectivity index (χ4v) is 2.48. The molecular weight excluding hydrogens is 142 g/mol. The Balaban J connectivity index is 2.10. The molecule has 0 aromatic rings. The van der Waals surface area contributed by atoms with Gasteiger partial charge in [-0.2, -0.15) is 0 Å². The van der Waals surface area contributed by atoms with Crippen molar-refractivity contribution in [1.82, 2.24) is 5.32 Å². The number of aliphatic hydroxyl groups excluding tert-OH is 2. The maximum atomic E-state index is 9.66. The zero-order valence-electron chi connectivity index (χ0n) is 6.53. The zero-order valence-corrected chi connectivity index (χ0v) is 6.53.